The fourth-order valence-electron chi connectivity index (χ4n) is 2.69. The van der Waals surface area contributed by atoms with E-state index in [9.17, 15) is 9.18 Å². The van der Waals surface area contributed by atoms with E-state index in [4.69, 9.17) is 10.5 Å². The van der Waals surface area contributed by atoms with Crippen molar-refractivity contribution >= 4 is 28.5 Å². The topological polar surface area (TPSA) is 76.7 Å². The number of hydrogen-bond donors (Lipinski definition) is 2. The summed E-state index contributed by atoms with van der Waals surface area (Å²) in [5.41, 5.74) is 7.00. The summed E-state index contributed by atoms with van der Waals surface area (Å²) in [5.74, 6) is 0.834. The lowest BCUT2D eigenvalue weighted by molar-refractivity contribution is -0.118. The van der Waals surface area contributed by atoms with Gasteiger partial charge in [-0.15, -0.1) is 0 Å². The van der Waals surface area contributed by atoms with Gasteiger partial charge in [-0.05, 0) is 55.3 Å². The molecule has 0 radical (unpaired) electrons. The summed E-state index contributed by atoms with van der Waals surface area (Å²) < 4.78 is 18.5. The molecule has 0 bridgehead atoms. The fourth-order valence-corrected chi connectivity index (χ4v) is 3.67. The van der Waals surface area contributed by atoms with Crippen LogP contribution in [0.4, 0.5) is 10.1 Å². The molecule has 0 saturated carbocycles. The van der Waals surface area contributed by atoms with Gasteiger partial charge in [0.1, 0.15) is 11.6 Å². The second kappa shape index (κ2) is 7.78. The highest BCUT2D eigenvalue weighted by Crippen LogP contribution is 2.36. The number of hydrogen-bond acceptors (Lipinski definition) is 5. The van der Waals surface area contributed by atoms with Crippen LogP contribution in [-0.2, 0) is 10.3 Å². The molecular formula is C19H20FN3O2S. The third-order valence-electron chi connectivity index (χ3n) is 4.15. The van der Waals surface area contributed by atoms with E-state index in [1.807, 2.05) is 25.1 Å². The van der Waals surface area contributed by atoms with Gasteiger partial charge in [-0.3, -0.25) is 9.79 Å². The van der Waals surface area contributed by atoms with Crippen LogP contribution in [0.1, 0.15) is 18.9 Å². The van der Waals surface area contributed by atoms with Crippen LogP contribution in [0.3, 0.4) is 0 Å². The van der Waals surface area contributed by atoms with Crippen molar-refractivity contribution < 1.29 is 13.9 Å². The molecule has 0 spiro atoms. The van der Waals surface area contributed by atoms with Crippen molar-refractivity contribution in [2.45, 2.75) is 18.9 Å². The van der Waals surface area contributed by atoms with Gasteiger partial charge in [0.25, 0.3) is 5.91 Å². The van der Waals surface area contributed by atoms with Gasteiger partial charge in [0.2, 0.25) is 0 Å². The molecule has 1 heterocycles. The summed E-state index contributed by atoms with van der Waals surface area (Å²) in [6.07, 6.45) is 0.882. The first-order valence-electron chi connectivity index (χ1n) is 8.21. The number of thioether (sulfide) groups is 1. The maximum Gasteiger partial charge on any atom is 0.262 e. The number of nitrogens with two attached hydrogens (primary N) is 1. The van der Waals surface area contributed by atoms with Crippen LogP contribution in [0.25, 0.3) is 0 Å². The summed E-state index contributed by atoms with van der Waals surface area (Å²) in [6, 6.07) is 13.1. The minimum Gasteiger partial charge on any atom is -0.484 e. The van der Waals surface area contributed by atoms with E-state index in [1.165, 1.54) is 24.3 Å². The molecule has 7 heteroatoms. The number of benzene rings is 2. The van der Waals surface area contributed by atoms with E-state index >= 15 is 0 Å². The smallest absolute Gasteiger partial charge is 0.262 e. The number of ether oxygens (including phenoxy) is 1. The average Bonchev–Trinajstić information content (AvgIpc) is 2.62. The molecule has 1 unspecified atom stereocenters. The Bertz CT molecular complexity index is 826. The summed E-state index contributed by atoms with van der Waals surface area (Å²) in [7, 11) is 0. The van der Waals surface area contributed by atoms with Crippen LogP contribution < -0.4 is 15.8 Å². The monoisotopic (exact) mass is 373 g/mol. The van der Waals surface area contributed by atoms with Gasteiger partial charge >= 0.3 is 0 Å². The number of carbonyl (C=O) groups is 1. The molecule has 0 saturated heterocycles. The largest absolute Gasteiger partial charge is 0.484 e. The van der Waals surface area contributed by atoms with E-state index in [1.54, 1.807) is 17.8 Å². The fraction of sp³-hybridized carbons (Fsp3) is 0.263. The van der Waals surface area contributed by atoms with E-state index in [2.05, 4.69) is 10.3 Å². The molecule has 0 aliphatic carbocycles. The lowest BCUT2D eigenvalue weighted by Gasteiger charge is -2.30. The number of anilines is 1. The first-order chi connectivity index (χ1) is 12.4. The third-order valence-corrected chi connectivity index (χ3v) is 4.94. The van der Waals surface area contributed by atoms with Crippen LogP contribution in [0.2, 0.25) is 0 Å². The normalized spacial score (nSPS) is 19.5. The van der Waals surface area contributed by atoms with Crippen LogP contribution in [0.15, 0.2) is 53.5 Å². The number of halogens is 1. The van der Waals surface area contributed by atoms with E-state index in [0.29, 0.717) is 16.6 Å². The Hall–Kier alpha value is -2.54. The molecule has 5 nitrogen and oxygen atoms in total. The maximum absolute atomic E-state index is 12.9. The van der Waals surface area contributed by atoms with Crippen molar-refractivity contribution in [1.82, 2.24) is 0 Å². The minimum atomic E-state index is -0.384. The molecule has 3 rings (SSSR count). The maximum atomic E-state index is 12.9. The molecule has 2 aromatic carbocycles. The Kier molecular flexibility index (Phi) is 5.46. The number of amidine groups is 1. The number of nitrogens with zero attached hydrogens (tertiary/aromatic N) is 1. The van der Waals surface area contributed by atoms with Gasteiger partial charge in [0.05, 0.1) is 5.54 Å². The predicted molar refractivity (Wildman–Crippen MR) is 103 cm³/mol. The molecule has 0 fully saturated rings. The van der Waals surface area contributed by atoms with Gasteiger partial charge in [0, 0.05) is 11.4 Å². The molecule has 1 aliphatic rings. The second-order valence-electron chi connectivity index (χ2n) is 6.19. The summed E-state index contributed by atoms with van der Waals surface area (Å²) in [5, 5.41) is 3.25. The van der Waals surface area contributed by atoms with E-state index < -0.39 is 0 Å². The number of amides is 1. The van der Waals surface area contributed by atoms with Crippen molar-refractivity contribution in [2.24, 2.45) is 10.7 Å². The minimum absolute atomic E-state index is 0.140. The van der Waals surface area contributed by atoms with Crippen molar-refractivity contribution in [3.63, 3.8) is 0 Å². The molecule has 26 heavy (non-hydrogen) atoms. The Morgan fingerprint density at radius 1 is 1.35 bits per heavy atom. The van der Waals surface area contributed by atoms with Crippen LogP contribution in [0, 0.1) is 5.82 Å². The summed E-state index contributed by atoms with van der Waals surface area (Å²) in [4.78, 5) is 16.6. The quantitative estimate of drug-likeness (QED) is 0.841. The SMILES string of the molecule is CC1(c2cccc(OCC(=O)Nc3ccc(F)cc3)c2)CCSC(N)=N1. The molecule has 1 amide bonds. The van der Waals surface area contributed by atoms with Crippen molar-refractivity contribution in [3.05, 3.63) is 59.9 Å². The standard InChI is InChI=1S/C19H20FN3O2S/c1-19(9-10-26-18(21)23-19)13-3-2-4-16(11-13)25-12-17(24)22-15-7-5-14(20)6-8-15/h2-8,11H,9-10,12H2,1H3,(H2,21,23)(H,22,24). The van der Waals surface area contributed by atoms with Crippen LogP contribution in [-0.4, -0.2) is 23.4 Å². The Morgan fingerprint density at radius 2 is 2.12 bits per heavy atom. The number of nitrogens with one attached hydrogen (secondary N) is 1. The lowest BCUT2D eigenvalue weighted by atomic mass is 9.90. The Labute approximate surface area is 155 Å². The zero-order valence-corrected chi connectivity index (χ0v) is 15.2. The van der Waals surface area contributed by atoms with Gasteiger partial charge in [-0.25, -0.2) is 4.39 Å². The Morgan fingerprint density at radius 3 is 2.85 bits per heavy atom. The third kappa shape index (κ3) is 4.54. The predicted octanol–water partition coefficient (Wildman–Crippen LogP) is 3.51. The van der Waals surface area contributed by atoms with Crippen LogP contribution >= 0.6 is 11.8 Å². The molecule has 0 aromatic heterocycles. The number of aliphatic imine (C=N–C) groups is 1. The second-order valence-corrected chi connectivity index (χ2v) is 7.31. The molecule has 136 valence electrons. The highest BCUT2D eigenvalue weighted by molar-refractivity contribution is 8.13. The summed E-state index contributed by atoms with van der Waals surface area (Å²) in [6.45, 7) is 1.90. The highest BCUT2D eigenvalue weighted by Gasteiger charge is 2.29. The van der Waals surface area contributed by atoms with E-state index in [-0.39, 0.29) is 23.9 Å². The number of carbonyl (C=O) groups excluding carboxylic acids is 1. The Balaban J connectivity index is 1.63. The number of rotatable bonds is 5. The first kappa shape index (κ1) is 18.3. The average molecular weight is 373 g/mol. The zero-order valence-electron chi connectivity index (χ0n) is 14.4. The van der Waals surface area contributed by atoms with E-state index in [0.717, 1.165) is 17.7 Å². The van der Waals surface area contributed by atoms with Crippen LogP contribution in [0.5, 0.6) is 5.75 Å². The molecular weight excluding hydrogens is 353 g/mol. The summed E-state index contributed by atoms with van der Waals surface area (Å²) >= 11 is 1.56. The van der Waals surface area contributed by atoms with Crippen molar-refractivity contribution in [3.8, 4) is 5.75 Å². The molecule has 3 N–H and O–H groups in total. The van der Waals surface area contributed by atoms with Gasteiger partial charge in [-0.2, -0.15) is 0 Å². The zero-order chi connectivity index (χ0) is 18.6. The van der Waals surface area contributed by atoms with Crippen molar-refractivity contribution in [2.75, 3.05) is 17.7 Å². The van der Waals surface area contributed by atoms with Gasteiger partial charge < -0.3 is 15.8 Å². The lowest BCUT2D eigenvalue weighted by Crippen LogP contribution is -2.28. The molecule has 1 atom stereocenters. The molecule has 2 aromatic rings. The molecule has 1 aliphatic heterocycles. The van der Waals surface area contributed by atoms with Gasteiger partial charge in [-0.1, -0.05) is 23.9 Å². The van der Waals surface area contributed by atoms with Crippen molar-refractivity contribution in [1.29, 1.82) is 0 Å². The van der Waals surface area contributed by atoms with Gasteiger partial charge in [0.15, 0.2) is 11.8 Å². The first-order valence-corrected chi connectivity index (χ1v) is 9.20. The highest BCUT2D eigenvalue weighted by atomic mass is 32.2.